The molecule has 2 atom stereocenters. The topological polar surface area (TPSA) is 102 Å². The number of amides is 1. The second kappa shape index (κ2) is 17.1. The molecule has 1 fully saturated rings. The average molecular weight is 428 g/mol. The molecule has 1 unspecified atom stereocenters. The Labute approximate surface area is 181 Å². The lowest BCUT2D eigenvalue weighted by atomic mass is 10.0. The maximum Gasteiger partial charge on any atom is 0.328 e. The summed E-state index contributed by atoms with van der Waals surface area (Å²) in [4.78, 5) is 34.5. The third-order valence-electron chi connectivity index (χ3n) is 5.37. The van der Waals surface area contributed by atoms with Gasteiger partial charge >= 0.3 is 11.9 Å². The highest BCUT2D eigenvalue weighted by Gasteiger charge is 2.28. The fraction of sp³-hybridized carbons (Fsp3) is 0.870. The van der Waals surface area contributed by atoms with E-state index in [1.165, 1.54) is 57.8 Å². The van der Waals surface area contributed by atoms with Crippen LogP contribution >= 0.6 is 0 Å². The van der Waals surface area contributed by atoms with Crippen LogP contribution in [0, 0.1) is 0 Å². The van der Waals surface area contributed by atoms with Crippen molar-refractivity contribution in [2.45, 2.75) is 115 Å². The van der Waals surface area contributed by atoms with Crippen molar-refractivity contribution in [2.24, 2.45) is 0 Å². The van der Waals surface area contributed by atoms with Gasteiger partial charge in [0.2, 0.25) is 5.91 Å². The van der Waals surface area contributed by atoms with Gasteiger partial charge in [0.15, 0.2) is 0 Å². The van der Waals surface area contributed by atoms with E-state index < -0.39 is 18.1 Å². The second-order valence-corrected chi connectivity index (χ2v) is 8.26. The van der Waals surface area contributed by atoms with E-state index in [0.717, 1.165) is 19.3 Å². The Morgan fingerprint density at radius 3 is 2.00 bits per heavy atom. The Morgan fingerprint density at radius 2 is 1.47 bits per heavy atom. The van der Waals surface area contributed by atoms with Crippen molar-refractivity contribution in [1.29, 1.82) is 0 Å². The molecular formula is C23H41NO6. The van der Waals surface area contributed by atoms with Crippen LogP contribution in [0.3, 0.4) is 0 Å². The minimum Gasteiger partial charge on any atom is -0.463 e. The lowest BCUT2D eigenvalue weighted by molar-refractivity contribution is -0.154. The van der Waals surface area contributed by atoms with E-state index in [0.29, 0.717) is 19.3 Å². The molecule has 30 heavy (non-hydrogen) atoms. The molecule has 0 saturated carbocycles. The van der Waals surface area contributed by atoms with Gasteiger partial charge in [0.05, 0.1) is 0 Å². The maximum atomic E-state index is 11.7. The lowest BCUT2D eigenvalue weighted by Gasteiger charge is -2.14. The fourth-order valence-electron chi connectivity index (χ4n) is 3.49. The highest BCUT2D eigenvalue weighted by Crippen LogP contribution is 2.13. The fourth-order valence-corrected chi connectivity index (χ4v) is 3.49. The molecule has 0 aromatic rings. The van der Waals surface area contributed by atoms with Gasteiger partial charge in [0, 0.05) is 12.8 Å². The molecule has 1 saturated heterocycles. The van der Waals surface area contributed by atoms with Crippen LogP contribution < -0.4 is 5.32 Å². The number of esters is 2. The lowest BCUT2D eigenvalue weighted by Crippen LogP contribution is -2.36. The van der Waals surface area contributed by atoms with E-state index in [9.17, 15) is 19.5 Å². The largest absolute Gasteiger partial charge is 0.463 e. The number of aliphatic hydroxyl groups excluding tert-OH is 1. The molecule has 7 heteroatoms. The van der Waals surface area contributed by atoms with Crippen molar-refractivity contribution < 1.29 is 29.0 Å². The molecule has 174 valence electrons. The summed E-state index contributed by atoms with van der Waals surface area (Å²) in [7, 11) is 0. The molecule has 0 aromatic heterocycles. The van der Waals surface area contributed by atoms with E-state index >= 15 is 0 Å². The quantitative estimate of drug-likeness (QED) is 0.255. The highest BCUT2D eigenvalue weighted by molar-refractivity contribution is 5.88. The Morgan fingerprint density at radius 1 is 0.933 bits per heavy atom. The Hall–Kier alpha value is -1.63. The number of unbranched alkanes of at least 4 members (excludes halogenated alkanes) is 11. The van der Waals surface area contributed by atoms with Gasteiger partial charge in [0.25, 0.3) is 0 Å². The van der Waals surface area contributed by atoms with E-state index in [1.807, 2.05) is 0 Å². The van der Waals surface area contributed by atoms with E-state index in [1.54, 1.807) is 0 Å². The molecule has 1 aliphatic rings. The molecule has 1 rings (SSSR count). The summed E-state index contributed by atoms with van der Waals surface area (Å²) >= 11 is 0. The first-order valence-corrected chi connectivity index (χ1v) is 11.8. The number of aliphatic hydroxyl groups is 1. The number of hydrogen-bond acceptors (Lipinski definition) is 6. The molecule has 0 aliphatic carbocycles. The number of carbonyl (C=O) groups is 3. The van der Waals surface area contributed by atoms with Crippen LogP contribution in [0.15, 0.2) is 0 Å². The third-order valence-corrected chi connectivity index (χ3v) is 5.37. The number of ether oxygens (including phenoxy) is 2. The van der Waals surface area contributed by atoms with Gasteiger partial charge in [-0.25, -0.2) is 4.79 Å². The van der Waals surface area contributed by atoms with Gasteiger partial charge in [-0.1, -0.05) is 77.6 Å². The van der Waals surface area contributed by atoms with Gasteiger partial charge in [-0.2, -0.15) is 0 Å². The van der Waals surface area contributed by atoms with Crippen molar-refractivity contribution in [3.05, 3.63) is 0 Å². The molecule has 2 N–H and O–H groups in total. The number of carbonyl (C=O) groups excluding carboxylic acids is 3. The average Bonchev–Trinajstić information content (AvgIpc) is 3.17. The van der Waals surface area contributed by atoms with E-state index in [4.69, 9.17) is 9.47 Å². The van der Waals surface area contributed by atoms with Crippen molar-refractivity contribution in [3.63, 3.8) is 0 Å². The first kappa shape index (κ1) is 26.4. The molecule has 0 spiro atoms. The molecule has 0 bridgehead atoms. The van der Waals surface area contributed by atoms with Crippen LogP contribution in [0.5, 0.6) is 0 Å². The summed E-state index contributed by atoms with van der Waals surface area (Å²) in [5.41, 5.74) is 0. The predicted octanol–water partition coefficient (Wildman–Crippen LogP) is 3.80. The van der Waals surface area contributed by atoms with Gasteiger partial charge in [-0.05, 0) is 12.8 Å². The summed E-state index contributed by atoms with van der Waals surface area (Å²) in [5, 5.41) is 12.3. The van der Waals surface area contributed by atoms with Gasteiger partial charge in [-0.15, -0.1) is 0 Å². The first-order chi connectivity index (χ1) is 14.5. The summed E-state index contributed by atoms with van der Waals surface area (Å²) in [6.07, 6.45) is 14.8. The monoisotopic (exact) mass is 427 g/mol. The van der Waals surface area contributed by atoms with Crippen LogP contribution in [0.2, 0.25) is 0 Å². The van der Waals surface area contributed by atoms with Crippen LogP contribution in [0.25, 0.3) is 0 Å². The van der Waals surface area contributed by atoms with Gasteiger partial charge in [-0.3, -0.25) is 9.59 Å². The summed E-state index contributed by atoms with van der Waals surface area (Å²) < 4.78 is 9.98. The smallest absolute Gasteiger partial charge is 0.328 e. The predicted molar refractivity (Wildman–Crippen MR) is 115 cm³/mol. The van der Waals surface area contributed by atoms with Crippen molar-refractivity contribution in [2.75, 3.05) is 13.2 Å². The Kier molecular flexibility index (Phi) is 15.0. The van der Waals surface area contributed by atoms with Crippen molar-refractivity contribution in [1.82, 2.24) is 5.32 Å². The zero-order valence-corrected chi connectivity index (χ0v) is 18.7. The second-order valence-electron chi connectivity index (χ2n) is 8.26. The molecule has 1 aliphatic heterocycles. The van der Waals surface area contributed by atoms with E-state index in [-0.39, 0.29) is 25.1 Å². The maximum absolute atomic E-state index is 11.7. The summed E-state index contributed by atoms with van der Waals surface area (Å²) in [6.45, 7) is 1.79. The first-order valence-electron chi connectivity index (χ1n) is 11.8. The molecule has 0 aromatic carbocycles. The van der Waals surface area contributed by atoms with E-state index in [2.05, 4.69) is 12.2 Å². The molecule has 1 heterocycles. The summed E-state index contributed by atoms with van der Waals surface area (Å²) in [6, 6.07) is -0.641. The third kappa shape index (κ3) is 13.6. The normalized spacial score (nSPS) is 16.9. The number of hydrogen-bond donors (Lipinski definition) is 2. The molecule has 1 amide bonds. The minimum absolute atomic E-state index is 0.177. The Balaban J connectivity index is 1.88. The van der Waals surface area contributed by atoms with Gasteiger partial charge in [0.1, 0.15) is 25.4 Å². The van der Waals surface area contributed by atoms with Crippen LogP contribution in [0.4, 0.5) is 0 Å². The van der Waals surface area contributed by atoms with Crippen molar-refractivity contribution >= 4 is 17.8 Å². The number of nitrogens with one attached hydrogen (secondary N) is 1. The van der Waals surface area contributed by atoms with Crippen molar-refractivity contribution in [3.8, 4) is 0 Å². The standard InChI is InChI=1S/C23H41NO6/c1-2-3-4-5-6-7-8-9-10-11-12-13-14-22(27)29-17-19(25)18-30-23(28)20-15-16-21(26)24-20/h19-20,25H,2-18H2,1H3,(H,24,26)/t19?,20-/m1/s1. The van der Waals surface area contributed by atoms with Crippen LogP contribution in [0.1, 0.15) is 103 Å². The molecular weight excluding hydrogens is 386 g/mol. The van der Waals surface area contributed by atoms with Gasteiger partial charge < -0.3 is 19.9 Å². The number of rotatable bonds is 18. The SMILES string of the molecule is CCCCCCCCCCCCCCC(=O)OCC(O)COC(=O)[C@H]1CCC(=O)N1. The minimum atomic E-state index is -1.06. The van der Waals surface area contributed by atoms with Crippen LogP contribution in [-0.2, 0) is 23.9 Å². The Bertz CT molecular complexity index is 496. The van der Waals surface area contributed by atoms with Crippen LogP contribution in [-0.4, -0.2) is 48.3 Å². The highest BCUT2D eigenvalue weighted by atomic mass is 16.6. The molecule has 7 nitrogen and oxygen atoms in total. The zero-order chi connectivity index (χ0) is 22.0. The zero-order valence-electron chi connectivity index (χ0n) is 18.7. The summed E-state index contributed by atoms with van der Waals surface area (Å²) in [5.74, 6) is -1.08. The molecule has 0 radical (unpaired) electrons.